The van der Waals surface area contributed by atoms with E-state index in [0.717, 1.165) is 19.4 Å². The molecule has 1 unspecified atom stereocenters. The summed E-state index contributed by atoms with van der Waals surface area (Å²) in [4.78, 5) is 10.9. The molecular weight excluding hydrogens is 139 g/mol. The van der Waals surface area contributed by atoms with E-state index in [1.165, 1.54) is 0 Å². The number of rotatable bonds is 6. The Morgan fingerprint density at radius 2 is 2.27 bits per heavy atom. The van der Waals surface area contributed by atoms with Gasteiger partial charge in [-0.25, -0.2) is 0 Å². The van der Waals surface area contributed by atoms with Crippen LogP contribution in [0.3, 0.4) is 0 Å². The van der Waals surface area contributed by atoms with Crippen molar-refractivity contribution in [1.82, 2.24) is 10.5 Å². The lowest BCUT2D eigenvalue weighted by Crippen LogP contribution is -2.32. The minimum Gasteiger partial charge on any atom is -0.362 e. The van der Waals surface area contributed by atoms with Crippen molar-refractivity contribution in [3.8, 4) is 0 Å². The van der Waals surface area contributed by atoms with Crippen LogP contribution in [0.5, 0.6) is 0 Å². The average molecular weight is 156 g/mol. The number of hydrogen-bond acceptors (Lipinski definition) is 3. The minimum absolute atomic E-state index is 0.0448. The van der Waals surface area contributed by atoms with Crippen molar-refractivity contribution in [2.75, 3.05) is 13.6 Å². The molecule has 0 aliphatic carbocycles. The Morgan fingerprint density at radius 1 is 1.64 bits per heavy atom. The highest BCUT2D eigenvalue weighted by Gasteiger charge is 2.09. The monoisotopic (exact) mass is 156 g/mol. The standard InChI is InChI=1S/C7H17BN2O/c1-6(11)7(9-2)4-3-5-10-8/h7,9-10H,3-5,8H2,1-2H3. The third-order valence-corrected chi connectivity index (χ3v) is 1.76. The van der Waals surface area contributed by atoms with Gasteiger partial charge in [0.2, 0.25) is 0 Å². The highest BCUT2D eigenvalue weighted by atomic mass is 16.1. The summed E-state index contributed by atoms with van der Waals surface area (Å²) in [5.74, 6) is 0.226. The maximum atomic E-state index is 10.9. The lowest BCUT2D eigenvalue weighted by molar-refractivity contribution is -0.119. The van der Waals surface area contributed by atoms with E-state index in [9.17, 15) is 4.79 Å². The molecule has 0 aliphatic heterocycles. The van der Waals surface area contributed by atoms with E-state index < -0.39 is 0 Å². The first-order valence-corrected chi connectivity index (χ1v) is 4.04. The van der Waals surface area contributed by atoms with Crippen LogP contribution in [0.15, 0.2) is 0 Å². The Hall–Kier alpha value is -0.345. The molecule has 0 saturated carbocycles. The van der Waals surface area contributed by atoms with Gasteiger partial charge in [-0.05, 0) is 33.4 Å². The van der Waals surface area contributed by atoms with Crippen LogP contribution in [0.1, 0.15) is 19.8 Å². The normalized spacial score (nSPS) is 12.9. The summed E-state index contributed by atoms with van der Waals surface area (Å²) in [6.45, 7) is 2.60. The number of carbonyl (C=O) groups is 1. The van der Waals surface area contributed by atoms with Crippen LogP contribution in [0.4, 0.5) is 0 Å². The summed E-state index contributed by atoms with van der Waals surface area (Å²) in [5, 5.41) is 6.03. The maximum Gasteiger partial charge on any atom is 0.181 e. The fraction of sp³-hybridized carbons (Fsp3) is 0.857. The molecule has 0 bridgehead atoms. The molecule has 4 heteroatoms. The summed E-state index contributed by atoms with van der Waals surface area (Å²) in [6.07, 6.45) is 1.97. The summed E-state index contributed by atoms with van der Waals surface area (Å²) < 4.78 is 0. The van der Waals surface area contributed by atoms with Crippen LogP contribution >= 0.6 is 0 Å². The molecular formula is C7H17BN2O. The summed E-state index contributed by atoms with van der Waals surface area (Å²) in [7, 11) is 3.74. The van der Waals surface area contributed by atoms with Gasteiger partial charge in [0.25, 0.3) is 0 Å². The Labute approximate surface area is 69.4 Å². The van der Waals surface area contributed by atoms with Gasteiger partial charge in [-0.1, -0.05) is 0 Å². The largest absolute Gasteiger partial charge is 0.362 e. The second-order valence-corrected chi connectivity index (χ2v) is 2.70. The van der Waals surface area contributed by atoms with E-state index in [1.807, 2.05) is 15.0 Å². The minimum atomic E-state index is 0.0448. The third kappa shape index (κ3) is 4.98. The average Bonchev–Trinajstić information content (AvgIpc) is 1.97. The zero-order valence-electron chi connectivity index (χ0n) is 7.61. The van der Waals surface area contributed by atoms with Crippen LogP contribution in [-0.4, -0.2) is 33.4 Å². The van der Waals surface area contributed by atoms with Gasteiger partial charge in [0.1, 0.15) is 5.78 Å². The molecule has 1 atom stereocenters. The van der Waals surface area contributed by atoms with Crippen molar-refractivity contribution in [3.63, 3.8) is 0 Å². The van der Waals surface area contributed by atoms with Gasteiger partial charge >= 0.3 is 0 Å². The first-order valence-electron chi connectivity index (χ1n) is 4.04. The number of Topliss-reactive ketones (excluding diaryl/α,β-unsaturated/α-hetero) is 1. The predicted octanol–water partition coefficient (Wildman–Crippen LogP) is -0.919. The van der Waals surface area contributed by atoms with Crippen molar-refractivity contribution >= 4 is 13.8 Å². The third-order valence-electron chi connectivity index (χ3n) is 1.76. The molecule has 0 aromatic carbocycles. The van der Waals surface area contributed by atoms with Crippen molar-refractivity contribution in [3.05, 3.63) is 0 Å². The van der Waals surface area contributed by atoms with Gasteiger partial charge < -0.3 is 10.5 Å². The van der Waals surface area contributed by atoms with Gasteiger partial charge in [0, 0.05) is 0 Å². The maximum absolute atomic E-state index is 10.9. The molecule has 0 radical (unpaired) electrons. The van der Waals surface area contributed by atoms with E-state index in [0.29, 0.717) is 0 Å². The van der Waals surface area contributed by atoms with Crippen molar-refractivity contribution in [1.29, 1.82) is 0 Å². The Balaban J connectivity index is 3.44. The van der Waals surface area contributed by atoms with E-state index in [4.69, 9.17) is 0 Å². The molecule has 0 aromatic heterocycles. The summed E-state index contributed by atoms with van der Waals surface area (Å²) in [5.41, 5.74) is 0. The summed E-state index contributed by atoms with van der Waals surface area (Å²) >= 11 is 0. The lowest BCUT2D eigenvalue weighted by Gasteiger charge is -2.11. The molecule has 0 aromatic rings. The molecule has 3 nitrogen and oxygen atoms in total. The number of nitrogens with one attached hydrogen (secondary N) is 2. The second kappa shape index (κ2) is 6.37. The van der Waals surface area contributed by atoms with Gasteiger partial charge in [-0.2, -0.15) is 0 Å². The van der Waals surface area contributed by atoms with Crippen molar-refractivity contribution in [2.24, 2.45) is 0 Å². The zero-order chi connectivity index (χ0) is 8.69. The topological polar surface area (TPSA) is 41.1 Å². The van der Waals surface area contributed by atoms with Crippen LogP contribution < -0.4 is 10.5 Å². The highest BCUT2D eigenvalue weighted by molar-refractivity contribution is 6.04. The van der Waals surface area contributed by atoms with E-state index in [1.54, 1.807) is 6.92 Å². The molecule has 0 amide bonds. The van der Waals surface area contributed by atoms with Crippen LogP contribution in [0.2, 0.25) is 0 Å². The van der Waals surface area contributed by atoms with E-state index in [2.05, 4.69) is 10.5 Å². The lowest BCUT2D eigenvalue weighted by atomic mass is 10.1. The highest BCUT2D eigenvalue weighted by Crippen LogP contribution is 1.96. The number of likely N-dealkylation sites (N-methyl/N-ethyl adjacent to an activating group) is 1. The van der Waals surface area contributed by atoms with Gasteiger partial charge in [0.15, 0.2) is 7.98 Å². The quantitative estimate of drug-likeness (QED) is 0.386. The smallest absolute Gasteiger partial charge is 0.181 e. The zero-order valence-corrected chi connectivity index (χ0v) is 7.61. The summed E-state index contributed by atoms with van der Waals surface area (Å²) in [6, 6.07) is 0.0448. The van der Waals surface area contributed by atoms with Crippen LogP contribution in [0, 0.1) is 0 Å². The SMILES string of the molecule is BNCCCC(NC)C(C)=O. The van der Waals surface area contributed by atoms with Gasteiger partial charge in [-0.15, -0.1) is 0 Å². The number of ketones is 1. The Kier molecular flexibility index (Phi) is 6.17. The Bertz CT molecular complexity index is 119. The van der Waals surface area contributed by atoms with Gasteiger partial charge in [0.05, 0.1) is 6.04 Å². The molecule has 0 aliphatic rings. The first-order chi connectivity index (χ1) is 5.22. The molecule has 2 N–H and O–H groups in total. The fourth-order valence-electron chi connectivity index (χ4n) is 1.03. The van der Waals surface area contributed by atoms with Crippen molar-refractivity contribution < 1.29 is 4.79 Å². The molecule has 0 heterocycles. The number of carbonyl (C=O) groups excluding carboxylic acids is 1. The number of hydrogen-bond donors (Lipinski definition) is 2. The van der Waals surface area contributed by atoms with Crippen LogP contribution in [-0.2, 0) is 4.79 Å². The molecule has 0 saturated heterocycles. The van der Waals surface area contributed by atoms with Crippen LogP contribution in [0.25, 0.3) is 0 Å². The van der Waals surface area contributed by atoms with E-state index in [-0.39, 0.29) is 11.8 Å². The molecule has 0 rings (SSSR count). The molecule has 0 fully saturated rings. The molecule has 0 spiro atoms. The van der Waals surface area contributed by atoms with Crippen molar-refractivity contribution in [2.45, 2.75) is 25.8 Å². The predicted molar refractivity (Wildman–Crippen MR) is 49.3 cm³/mol. The second-order valence-electron chi connectivity index (χ2n) is 2.70. The van der Waals surface area contributed by atoms with Gasteiger partial charge in [-0.3, -0.25) is 4.79 Å². The first kappa shape index (κ1) is 10.7. The van der Waals surface area contributed by atoms with E-state index >= 15 is 0 Å². The molecule has 64 valence electrons. The Morgan fingerprint density at radius 3 is 2.64 bits per heavy atom. The molecule has 11 heavy (non-hydrogen) atoms. The fourth-order valence-corrected chi connectivity index (χ4v) is 1.03.